The highest BCUT2D eigenvalue weighted by Crippen LogP contribution is 2.29. The van der Waals surface area contributed by atoms with Gasteiger partial charge in [0.2, 0.25) is 5.88 Å². The van der Waals surface area contributed by atoms with Crippen LogP contribution < -0.4 is 4.74 Å². The van der Waals surface area contributed by atoms with E-state index in [1.54, 1.807) is 0 Å². The average molecular weight is 287 g/mol. The first kappa shape index (κ1) is 13.5. The fraction of sp³-hybridized carbons (Fsp3) is 0.706. The molecule has 0 spiro atoms. The molecule has 1 aromatic heterocycles. The minimum atomic E-state index is 0.336. The van der Waals surface area contributed by atoms with Crippen LogP contribution in [0.4, 0.5) is 0 Å². The summed E-state index contributed by atoms with van der Waals surface area (Å²) in [7, 11) is 2.17. The van der Waals surface area contributed by atoms with Crippen molar-refractivity contribution in [2.24, 2.45) is 0 Å². The minimum absolute atomic E-state index is 0.336. The highest BCUT2D eigenvalue weighted by atomic mass is 16.5. The van der Waals surface area contributed by atoms with Crippen LogP contribution in [0.2, 0.25) is 0 Å². The Morgan fingerprint density at radius 2 is 2.10 bits per heavy atom. The molecule has 2 fully saturated rings. The Morgan fingerprint density at radius 1 is 1.19 bits per heavy atom. The minimum Gasteiger partial charge on any atom is -0.473 e. The molecule has 21 heavy (non-hydrogen) atoms. The van der Waals surface area contributed by atoms with Gasteiger partial charge in [-0.05, 0) is 31.9 Å². The first-order valence-electron chi connectivity index (χ1n) is 8.36. The van der Waals surface area contributed by atoms with Gasteiger partial charge in [0.15, 0.2) is 0 Å². The second kappa shape index (κ2) is 5.58. The van der Waals surface area contributed by atoms with Crippen LogP contribution in [0.25, 0.3) is 0 Å². The van der Waals surface area contributed by atoms with Gasteiger partial charge in [-0.15, -0.1) is 0 Å². The van der Waals surface area contributed by atoms with Gasteiger partial charge >= 0.3 is 0 Å². The maximum absolute atomic E-state index is 6.15. The van der Waals surface area contributed by atoms with Crippen molar-refractivity contribution < 1.29 is 4.74 Å². The van der Waals surface area contributed by atoms with Crippen LogP contribution >= 0.6 is 0 Å². The number of nitrogens with zero attached hydrogens (tertiary/aromatic N) is 3. The molecule has 1 saturated carbocycles. The van der Waals surface area contributed by atoms with Gasteiger partial charge in [0, 0.05) is 44.7 Å². The molecule has 1 aliphatic carbocycles. The van der Waals surface area contributed by atoms with Crippen LogP contribution in [-0.2, 0) is 13.0 Å². The highest BCUT2D eigenvalue weighted by molar-refractivity contribution is 5.28. The molecule has 0 radical (unpaired) electrons. The summed E-state index contributed by atoms with van der Waals surface area (Å²) >= 11 is 0. The molecule has 1 unspecified atom stereocenters. The van der Waals surface area contributed by atoms with E-state index in [1.165, 1.54) is 37.1 Å². The number of fused-ring (bicyclic) bond motifs is 1. The number of ether oxygens (including phenoxy) is 1. The molecule has 0 bridgehead atoms. The summed E-state index contributed by atoms with van der Waals surface area (Å²) in [5.74, 6) is 0.832. The van der Waals surface area contributed by atoms with E-state index in [-0.39, 0.29) is 0 Å². The molecule has 4 heteroatoms. The first-order chi connectivity index (χ1) is 10.3. The van der Waals surface area contributed by atoms with E-state index in [9.17, 15) is 0 Å². The van der Waals surface area contributed by atoms with E-state index in [0.29, 0.717) is 6.10 Å². The second-order valence-electron chi connectivity index (χ2n) is 6.85. The number of rotatable bonds is 3. The van der Waals surface area contributed by atoms with Crippen LogP contribution in [-0.4, -0.2) is 53.6 Å². The van der Waals surface area contributed by atoms with Gasteiger partial charge in [-0.1, -0.05) is 12.5 Å². The average Bonchev–Trinajstić information content (AvgIpc) is 2.85. The first-order valence-corrected chi connectivity index (χ1v) is 8.36. The molecule has 1 aromatic rings. The SMILES string of the molecule is CN1CCc2nc(OC3CCN(C4CCC4)C3)ccc2C1. The number of pyridine rings is 1. The molecule has 4 nitrogen and oxygen atoms in total. The smallest absolute Gasteiger partial charge is 0.213 e. The predicted molar refractivity (Wildman–Crippen MR) is 82.5 cm³/mol. The van der Waals surface area contributed by atoms with E-state index in [0.717, 1.165) is 44.4 Å². The van der Waals surface area contributed by atoms with Crippen molar-refractivity contribution in [2.75, 3.05) is 26.7 Å². The Labute approximate surface area is 127 Å². The summed E-state index contributed by atoms with van der Waals surface area (Å²) in [4.78, 5) is 9.71. The quantitative estimate of drug-likeness (QED) is 0.851. The van der Waals surface area contributed by atoms with Crippen molar-refractivity contribution in [3.63, 3.8) is 0 Å². The lowest BCUT2D eigenvalue weighted by atomic mass is 9.92. The molecule has 1 atom stereocenters. The summed E-state index contributed by atoms with van der Waals surface area (Å²) in [6.07, 6.45) is 6.71. The van der Waals surface area contributed by atoms with Crippen LogP contribution in [0.15, 0.2) is 12.1 Å². The molecule has 0 N–H and O–H groups in total. The van der Waals surface area contributed by atoms with E-state index in [1.807, 2.05) is 0 Å². The van der Waals surface area contributed by atoms with Crippen LogP contribution in [0, 0.1) is 0 Å². The number of likely N-dealkylation sites (tertiary alicyclic amines) is 1. The molecule has 3 aliphatic rings. The zero-order valence-corrected chi connectivity index (χ0v) is 12.9. The van der Waals surface area contributed by atoms with Gasteiger partial charge in [0.1, 0.15) is 6.10 Å². The van der Waals surface area contributed by atoms with Gasteiger partial charge in [0.25, 0.3) is 0 Å². The van der Waals surface area contributed by atoms with Gasteiger partial charge in [-0.2, -0.15) is 0 Å². The molecule has 2 aliphatic heterocycles. The van der Waals surface area contributed by atoms with Crippen molar-refractivity contribution in [1.82, 2.24) is 14.8 Å². The molecule has 0 amide bonds. The summed E-state index contributed by atoms with van der Waals surface area (Å²) in [5.41, 5.74) is 2.60. The largest absolute Gasteiger partial charge is 0.473 e. The molecule has 1 saturated heterocycles. The third-order valence-corrected chi connectivity index (χ3v) is 5.27. The molecule has 0 aromatic carbocycles. The zero-order valence-electron chi connectivity index (χ0n) is 12.9. The van der Waals surface area contributed by atoms with Crippen molar-refractivity contribution in [2.45, 2.75) is 50.8 Å². The topological polar surface area (TPSA) is 28.6 Å². The molecule has 114 valence electrons. The summed E-state index contributed by atoms with van der Waals surface area (Å²) in [6, 6.07) is 5.10. The number of hydrogen-bond acceptors (Lipinski definition) is 4. The fourth-order valence-electron chi connectivity index (χ4n) is 3.71. The standard InChI is InChI=1S/C17H25N3O/c1-19-9-8-16-13(11-19)5-6-17(18-16)21-15-7-10-20(12-15)14-3-2-4-14/h5-6,14-15H,2-4,7-12H2,1H3. The summed E-state index contributed by atoms with van der Waals surface area (Å²) in [5, 5.41) is 0. The Kier molecular flexibility index (Phi) is 3.59. The lowest BCUT2D eigenvalue weighted by molar-refractivity contribution is 0.131. The Bertz CT molecular complexity index is 515. The van der Waals surface area contributed by atoms with Crippen LogP contribution in [0.1, 0.15) is 36.9 Å². The van der Waals surface area contributed by atoms with E-state index in [4.69, 9.17) is 9.72 Å². The Balaban J connectivity index is 1.39. The molecular formula is C17H25N3O. The monoisotopic (exact) mass is 287 g/mol. The lowest BCUT2D eigenvalue weighted by Crippen LogP contribution is -2.39. The van der Waals surface area contributed by atoms with Crippen molar-refractivity contribution in [1.29, 1.82) is 0 Å². The van der Waals surface area contributed by atoms with Gasteiger partial charge in [0.05, 0.1) is 5.69 Å². The summed E-state index contributed by atoms with van der Waals surface area (Å²) in [6.45, 7) is 4.40. The van der Waals surface area contributed by atoms with Crippen LogP contribution in [0.3, 0.4) is 0 Å². The Morgan fingerprint density at radius 3 is 2.90 bits per heavy atom. The number of hydrogen-bond donors (Lipinski definition) is 0. The predicted octanol–water partition coefficient (Wildman–Crippen LogP) is 2.08. The molecular weight excluding hydrogens is 262 g/mol. The fourth-order valence-corrected chi connectivity index (χ4v) is 3.71. The van der Waals surface area contributed by atoms with E-state index >= 15 is 0 Å². The number of aromatic nitrogens is 1. The van der Waals surface area contributed by atoms with E-state index in [2.05, 4.69) is 29.0 Å². The molecule has 4 rings (SSSR count). The third-order valence-electron chi connectivity index (χ3n) is 5.27. The third kappa shape index (κ3) is 2.79. The van der Waals surface area contributed by atoms with Crippen LogP contribution in [0.5, 0.6) is 5.88 Å². The molecule has 3 heterocycles. The normalized spacial score (nSPS) is 27.4. The van der Waals surface area contributed by atoms with Crippen molar-refractivity contribution in [3.8, 4) is 5.88 Å². The zero-order chi connectivity index (χ0) is 14.2. The van der Waals surface area contributed by atoms with Crippen molar-refractivity contribution >= 4 is 0 Å². The highest BCUT2D eigenvalue weighted by Gasteiger charge is 2.32. The maximum Gasteiger partial charge on any atom is 0.213 e. The Hall–Kier alpha value is -1.13. The van der Waals surface area contributed by atoms with E-state index < -0.39 is 0 Å². The number of likely N-dealkylation sites (N-methyl/N-ethyl adjacent to an activating group) is 1. The van der Waals surface area contributed by atoms with Gasteiger partial charge in [-0.25, -0.2) is 4.98 Å². The maximum atomic E-state index is 6.15. The van der Waals surface area contributed by atoms with Crippen molar-refractivity contribution in [3.05, 3.63) is 23.4 Å². The van der Waals surface area contributed by atoms with Gasteiger partial charge < -0.3 is 9.64 Å². The lowest BCUT2D eigenvalue weighted by Gasteiger charge is -2.34. The second-order valence-corrected chi connectivity index (χ2v) is 6.85. The van der Waals surface area contributed by atoms with Gasteiger partial charge in [-0.3, -0.25) is 4.90 Å². The summed E-state index contributed by atoms with van der Waals surface area (Å²) < 4.78 is 6.15.